The summed E-state index contributed by atoms with van der Waals surface area (Å²) in [6.07, 6.45) is 1.40. The van der Waals surface area contributed by atoms with Gasteiger partial charge in [0.15, 0.2) is 0 Å². The van der Waals surface area contributed by atoms with Crippen LogP contribution in [0.3, 0.4) is 0 Å². The fourth-order valence-electron chi connectivity index (χ4n) is 3.64. The van der Waals surface area contributed by atoms with Gasteiger partial charge >= 0.3 is 0 Å². The van der Waals surface area contributed by atoms with Crippen LogP contribution in [0.1, 0.15) is 11.6 Å². The van der Waals surface area contributed by atoms with E-state index < -0.39 is 12.1 Å². The van der Waals surface area contributed by atoms with Crippen LogP contribution in [0, 0.1) is 0 Å². The van der Waals surface area contributed by atoms with E-state index in [1.54, 1.807) is 23.9 Å². The summed E-state index contributed by atoms with van der Waals surface area (Å²) >= 11 is 7.74. The van der Waals surface area contributed by atoms with Crippen molar-refractivity contribution in [3.8, 4) is 5.75 Å². The van der Waals surface area contributed by atoms with Crippen LogP contribution in [0.25, 0.3) is 0 Å². The quantitative estimate of drug-likeness (QED) is 0.573. The molecule has 6 nitrogen and oxygen atoms in total. The molecule has 2 unspecified atom stereocenters. The summed E-state index contributed by atoms with van der Waals surface area (Å²) in [4.78, 5) is 17.6. The molecule has 30 heavy (non-hydrogen) atoms. The maximum absolute atomic E-state index is 12.2. The third-order valence-corrected chi connectivity index (χ3v) is 6.27. The van der Waals surface area contributed by atoms with Gasteiger partial charge in [0.25, 0.3) is 0 Å². The van der Waals surface area contributed by atoms with Gasteiger partial charge < -0.3 is 15.6 Å². The molecule has 2 atom stereocenters. The summed E-state index contributed by atoms with van der Waals surface area (Å²) in [5, 5.41) is 10.9. The van der Waals surface area contributed by atoms with Crippen LogP contribution in [0.2, 0.25) is 5.02 Å². The van der Waals surface area contributed by atoms with Crippen molar-refractivity contribution in [1.29, 1.82) is 0 Å². The normalized spacial score (nSPS) is 17.4. The number of halogens is 1. The zero-order chi connectivity index (χ0) is 21.5. The minimum atomic E-state index is -0.626. The second kappa shape index (κ2) is 11.0. The number of nitrogens with zero attached hydrogens (tertiary/aromatic N) is 2. The number of hydrogen-bond donors (Lipinski definition) is 2. The van der Waals surface area contributed by atoms with Gasteiger partial charge in [0.2, 0.25) is 5.91 Å². The maximum Gasteiger partial charge on any atom is 0.239 e. The Morgan fingerprint density at radius 1 is 1.17 bits per heavy atom. The van der Waals surface area contributed by atoms with E-state index in [-0.39, 0.29) is 12.5 Å². The van der Waals surface area contributed by atoms with Gasteiger partial charge in [-0.1, -0.05) is 35.9 Å². The van der Waals surface area contributed by atoms with E-state index in [9.17, 15) is 9.90 Å². The highest BCUT2D eigenvalue weighted by atomic mass is 35.5. The number of para-hydroxylation sites is 1. The number of aliphatic hydroxyl groups is 1. The SMILES string of the molecule is CSc1ccc(C(C(N)=O)N2CCN(CC(O)COc3ccccc3Cl)CC2)cc1. The minimum Gasteiger partial charge on any atom is -0.489 e. The van der Waals surface area contributed by atoms with Crippen LogP contribution in [0.5, 0.6) is 5.75 Å². The van der Waals surface area contributed by atoms with Gasteiger partial charge in [0.1, 0.15) is 24.5 Å². The smallest absolute Gasteiger partial charge is 0.239 e. The predicted octanol–water partition coefficient (Wildman–Crippen LogP) is 2.65. The van der Waals surface area contributed by atoms with Gasteiger partial charge in [0, 0.05) is 37.6 Å². The fourth-order valence-corrected chi connectivity index (χ4v) is 4.24. The van der Waals surface area contributed by atoms with E-state index in [1.807, 2.05) is 42.7 Å². The van der Waals surface area contributed by atoms with E-state index in [0.29, 0.717) is 30.4 Å². The molecule has 1 aliphatic heterocycles. The number of hydrogen-bond acceptors (Lipinski definition) is 6. The van der Waals surface area contributed by atoms with Crippen LogP contribution in [-0.4, -0.2) is 72.5 Å². The number of piperazine rings is 1. The zero-order valence-electron chi connectivity index (χ0n) is 17.0. The van der Waals surface area contributed by atoms with E-state index >= 15 is 0 Å². The first-order valence-electron chi connectivity index (χ1n) is 9.93. The molecule has 0 bridgehead atoms. The van der Waals surface area contributed by atoms with E-state index in [4.69, 9.17) is 22.1 Å². The second-order valence-electron chi connectivity index (χ2n) is 7.31. The lowest BCUT2D eigenvalue weighted by Gasteiger charge is -2.38. The van der Waals surface area contributed by atoms with Crippen molar-refractivity contribution in [2.45, 2.75) is 17.0 Å². The van der Waals surface area contributed by atoms with Crippen LogP contribution >= 0.6 is 23.4 Å². The summed E-state index contributed by atoms with van der Waals surface area (Å²) in [5.74, 6) is 0.230. The minimum absolute atomic E-state index is 0.176. The Kier molecular flexibility index (Phi) is 8.41. The third kappa shape index (κ3) is 6.12. The molecule has 1 aliphatic rings. The Morgan fingerprint density at radius 3 is 2.43 bits per heavy atom. The molecule has 3 N–H and O–H groups in total. The maximum atomic E-state index is 12.2. The van der Waals surface area contributed by atoms with Crippen LogP contribution in [0.15, 0.2) is 53.4 Å². The predicted molar refractivity (Wildman–Crippen MR) is 121 cm³/mol. The number of carbonyl (C=O) groups excluding carboxylic acids is 1. The highest BCUT2D eigenvalue weighted by Crippen LogP contribution is 2.25. The van der Waals surface area contributed by atoms with Gasteiger partial charge in [-0.2, -0.15) is 0 Å². The molecule has 162 valence electrons. The van der Waals surface area contributed by atoms with Gasteiger partial charge in [-0.15, -0.1) is 11.8 Å². The molecular weight excluding hydrogens is 422 g/mol. The molecule has 2 aromatic rings. The number of nitrogens with two attached hydrogens (primary N) is 1. The Morgan fingerprint density at radius 2 is 1.83 bits per heavy atom. The van der Waals surface area contributed by atoms with Crippen molar-refractivity contribution < 1.29 is 14.6 Å². The molecule has 3 rings (SSSR count). The molecule has 2 aromatic carbocycles. The topological polar surface area (TPSA) is 79.0 Å². The fraction of sp³-hybridized carbons (Fsp3) is 0.409. The molecule has 8 heteroatoms. The monoisotopic (exact) mass is 449 g/mol. The van der Waals surface area contributed by atoms with Crippen LogP contribution in [-0.2, 0) is 4.79 Å². The lowest BCUT2D eigenvalue weighted by molar-refractivity contribution is -0.124. The molecule has 0 saturated carbocycles. The number of rotatable bonds is 9. The first kappa shape index (κ1) is 22.9. The van der Waals surface area contributed by atoms with Crippen molar-refractivity contribution in [2.24, 2.45) is 5.73 Å². The molecule has 0 radical (unpaired) electrons. The standard InChI is InChI=1S/C22H28ClN3O3S/c1-30-18-8-6-16(7-9-18)21(22(24)28)26-12-10-25(11-13-26)14-17(27)15-29-20-5-3-2-4-19(20)23/h2-9,17,21,27H,10-15H2,1H3,(H2,24,28). The average Bonchev–Trinajstić information content (AvgIpc) is 2.75. The number of carbonyl (C=O) groups is 1. The molecule has 1 amide bonds. The van der Waals surface area contributed by atoms with E-state index in [0.717, 1.165) is 23.5 Å². The van der Waals surface area contributed by atoms with Gasteiger partial charge in [0.05, 0.1) is 5.02 Å². The number of β-amino-alcohol motifs (C(OH)–C–C–N with tert-alkyl or cyclic N) is 1. The van der Waals surface area contributed by atoms with Gasteiger partial charge in [-0.05, 0) is 36.1 Å². The van der Waals surface area contributed by atoms with E-state index in [1.165, 1.54) is 0 Å². The Bertz CT molecular complexity index is 829. The molecule has 0 spiro atoms. The van der Waals surface area contributed by atoms with Crippen molar-refractivity contribution in [3.05, 3.63) is 59.1 Å². The number of ether oxygens (including phenoxy) is 1. The summed E-state index contributed by atoms with van der Waals surface area (Å²) in [7, 11) is 0. The molecule has 0 aromatic heterocycles. The Labute approximate surface area is 186 Å². The number of amides is 1. The average molecular weight is 450 g/mol. The summed E-state index contributed by atoms with van der Waals surface area (Å²) in [6, 6.07) is 14.8. The Balaban J connectivity index is 1.50. The summed E-state index contributed by atoms with van der Waals surface area (Å²) in [5.41, 5.74) is 6.64. The first-order valence-corrected chi connectivity index (χ1v) is 11.5. The largest absolute Gasteiger partial charge is 0.489 e. The third-order valence-electron chi connectivity index (χ3n) is 5.21. The molecular formula is C22H28ClN3O3S. The number of primary amides is 1. The lowest BCUT2D eigenvalue weighted by Crippen LogP contribution is -2.52. The second-order valence-corrected chi connectivity index (χ2v) is 8.60. The van der Waals surface area contributed by atoms with Crippen molar-refractivity contribution >= 4 is 29.3 Å². The summed E-state index contributed by atoms with van der Waals surface area (Å²) < 4.78 is 5.63. The molecule has 1 saturated heterocycles. The lowest BCUT2D eigenvalue weighted by atomic mass is 10.0. The van der Waals surface area contributed by atoms with Gasteiger partial charge in [-0.25, -0.2) is 0 Å². The molecule has 1 fully saturated rings. The first-order chi connectivity index (χ1) is 14.5. The number of benzene rings is 2. The van der Waals surface area contributed by atoms with Crippen LogP contribution < -0.4 is 10.5 Å². The zero-order valence-corrected chi connectivity index (χ0v) is 18.6. The van der Waals surface area contributed by atoms with E-state index in [2.05, 4.69) is 9.80 Å². The van der Waals surface area contributed by atoms with Crippen molar-refractivity contribution in [2.75, 3.05) is 45.6 Å². The molecule has 0 aliphatic carbocycles. The number of aliphatic hydroxyl groups excluding tert-OH is 1. The van der Waals surface area contributed by atoms with Crippen molar-refractivity contribution in [1.82, 2.24) is 9.80 Å². The van der Waals surface area contributed by atoms with Gasteiger partial charge in [-0.3, -0.25) is 14.6 Å². The highest BCUT2D eigenvalue weighted by Gasteiger charge is 2.29. The molecule has 1 heterocycles. The van der Waals surface area contributed by atoms with Crippen LogP contribution in [0.4, 0.5) is 0 Å². The van der Waals surface area contributed by atoms with Crippen molar-refractivity contribution in [3.63, 3.8) is 0 Å². The Hall–Kier alpha value is -1.77. The highest BCUT2D eigenvalue weighted by molar-refractivity contribution is 7.98. The summed E-state index contributed by atoms with van der Waals surface area (Å²) in [6.45, 7) is 3.58. The number of thioether (sulfide) groups is 1.